The van der Waals surface area contributed by atoms with Gasteiger partial charge >= 0.3 is 0 Å². The zero-order valence-electron chi connectivity index (χ0n) is 14.3. The second kappa shape index (κ2) is 6.54. The molecule has 1 aromatic heterocycles. The molecular weight excluding hydrogens is 306 g/mol. The molecule has 1 atom stereocenters. The maximum absolute atomic E-state index is 6.65. The van der Waals surface area contributed by atoms with Gasteiger partial charge in [-0.05, 0) is 35.7 Å². The summed E-state index contributed by atoms with van der Waals surface area (Å²) in [6.07, 6.45) is 0. The van der Waals surface area contributed by atoms with Gasteiger partial charge in [-0.1, -0.05) is 66.7 Å². The molecule has 0 amide bonds. The number of nitrogens with two attached hydrogens (primary N) is 1. The first-order chi connectivity index (χ1) is 12.2. The van der Waals surface area contributed by atoms with Crippen LogP contribution in [0.25, 0.3) is 11.0 Å². The smallest absolute Gasteiger partial charge is 0.131 e. The monoisotopic (exact) mass is 327 g/mol. The zero-order chi connectivity index (χ0) is 17.2. The number of fused-ring (bicyclic) bond motifs is 1. The van der Waals surface area contributed by atoms with Crippen LogP contribution in [0.15, 0.2) is 78.9 Å². The molecule has 0 saturated heterocycles. The lowest BCUT2D eigenvalue weighted by atomic mass is 10.0. The summed E-state index contributed by atoms with van der Waals surface area (Å²) in [4.78, 5) is 4.86. The SMILES string of the molecule is Cc1ccccc1C(N)c1nc2ccccc2n1Cc1ccccc1. The molecule has 3 nitrogen and oxygen atoms in total. The number of imidazole rings is 1. The first-order valence-corrected chi connectivity index (χ1v) is 8.54. The van der Waals surface area contributed by atoms with E-state index in [1.54, 1.807) is 0 Å². The first kappa shape index (κ1) is 15.6. The van der Waals surface area contributed by atoms with Crippen molar-refractivity contribution in [3.63, 3.8) is 0 Å². The fraction of sp³-hybridized carbons (Fsp3) is 0.136. The average Bonchev–Trinajstić information content (AvgIpc) is 3.01. The number of nitrogens with zero attached hydrogens (tertiary/aromatic N) is 2. The van der Waals surface area contributed by atoms with Crippen molar-refractivity contribution in [2.24, 2.45) is 5.73 Å². The molecule has 3 heteroatoms. The molecule has 0 aliphatic heterocycles. The lowest BCUT2D eigenvalue weighted by molar-refractivity contribution is 0.686. The summed E-state index contributed by atoms with van der Waals surface area (Å²) < 4.78 is 2.24. The predicted octanol–water partition coefficient (Wildman–Crippen LogP) is 4.44. The van der Waals surface area contributed by atoms with E-state index in [0.717, 1.165) is 29.0 Å². The van der Waals surface area contributed by atoms with E-state index in [4.69, 9.17) is 10.7 Å². The van der Waals surface area contributed by atoms with Gasteiger partial charge in [0.2, 0.25) is 0 Å². The van der Waals surface area contributed by atoms with Crippen molar-refractivity contribution in [1.29, 1.82) is 0 Å². The van der Waals surface area contributed by atoms with E-state index in [2.05, 4.69) is 60.0 Å². The molecule has 0 saturated carbocycles. The third-order valence-electron chi connectivity index (χ3n) is 4.67. The van der Waals surface area contributed by atoms with E-state index in [-0.39, 0.29) is 6.04 Å². The lowest BCUT2D eigenvalue weighted by Crippen LogP contribution is -2.19. The molecule has 0 radical (unpaired) electrons. The van der Waals surface area contributed by atoms with Gasteiger partial charge in [0.1, 0.15) is 5.82 Å². The molecule has 2 N–H and O–H groups in total. The van der Waals surface area contributed by atoms with Crippen LogP contribution in [-0.4, -0.2) is 9.55 Å². The highest BCUT2D eigenvalue weighted by atomic mass is 15.1. The van der Waals surface area contributed by atoms with Gasteiger partial charge in [-0.2, -0.15) is 0 Å². The maximum Gasteiger partial charge on any atom is 0.131 e. The second-order valence-electron chi connectivity index (χ2n) is 6.36. The Morgan fingerprint density at radius 3 is 2.36 bits per heavy atom. The van der Waals surface area contributed by atoms with Crippen molar-refractivity contribution in [3.8, 4) is 0 Å². The highest BCUT2D eigenvalue weighted by Gasteiger charge is 2.19. The van der Waals surface area contributed by atoms with Gasteiger partial charge in [0.05, 0.1) is 17.1 Å². The summed E-state index contributed by atoms with van der Waals surface area (Å²) >= 11 is 0. The summed E-state index contributed by atoms with van der Waals surface area (Å²) in [5.41, 5.74) is 12.3. The van der Waals surface area contributed by atoms with Crippen LogP contribution in [0.4, 0.5) is 0 Å². The number of para-hydroxylation sites is 2. The molecule has 0 bridgehead atoms. The van der Waals surface area contributed by atoms with Crippen LogP contribution >= 0.6 is 0 Å². The van der Waals surface area contributed by atoms with Gasteiger partial charge in [-0.25, -0.2) is 4.98 Å². The van der Waals surface area contributed by atoms with E-state index in [1.165, 1.54) is 11.1 Å². The Bertz CT molecular complexity index is 1000. The van der Waals surface area contributed by atoms with E-state index in [0.29, 0.717) is 0 Å². The zero-order valence-corrected chi connectivity index (χ0v) is 14.3. The molecule has 25 heavy (non-hydrogen) atoms. The van der Waals surface area contributed by atoms with E-state index in [1.807, 2.05) is 30.3 Å². The minimum atomic E-state index is -0.252. The van der Waals surface area contributed by atoms with Crippen molar-refractivity contribution in [1.82, 2.24) is 9.55 Å². The van der Waals surface area contributed by atoms with Gasteiger partial charge in [0, 0.05) is 6.54 Å². The van der Waals surface area contributed by atoms with Crippen molar-refractivity contribution in [2.45, 2.75) is 19.5 Å². The van der Waals surface area contributed by atoms with Crippen LogP contribution in [0.5, 0.6) is 0 Å². The number of benzene rings is 3. The van der Waals surface area contributed by atoms with Crippen molar-refractivity contribution in [2.75, 3.05) is 0 Å². The van der Waals surface area contributed by atoms with Crippen molar-refractivity contribution >= 4 is 11.0 Å². The molecule has 3 aromatic carbocycles. The minimum absolute atomic E-state index is 0.252. The van der Waals surface area contributed by atoms with Crippen LogP contribution in [0, 0.1) is 6.92 Å². The van der Waals surface area contributed by atoms with Crippen LogP contribution in [0.1, 0.15) is 28.6 Å². The Morgan fingerprint density at radius 1 is 0.880 bits per heavy atom. The highest BCUT2D eigenvalue weighted by molar-refractivity contribution is 5.76. The topological polar surface area (TPSA) is 43.8 Å². The predicted molar refractivity (Wildman–Crippen MR) is 102 cm³/mol. The molecule has 0 spiro atoms. The largest absolute Gasteiger partial charge is 0.322 e. The molecule has 1 unspecified atom stereocenters. The number of rotatable bonds is 4. The molecule has 4 rings (SSSR count). The summed E-state index contributed by atoms with van der Waals surface area (Å²) in [6.45, 7) is 2.86. The van der Waals surface area contributed by atoms with Crippen molar-refractivity contribution < 1.29 is 0 Å². The van der Waals surface area contributed by atoms with E-state index in [9.17, 15) is 0 Å². The summed E-state index contributed by atoms with van der Waals surface area (Å²) in [5.74, 6) is 0.902. The molecule has 124 valence electrons. The third-order valence-corrected chi connectivity index (χ3v) is 4.67. The van der Waals surface area contributed by atoms with Crippen LogP contribution in [0.2, 0.25) is 0 Å². The summed E-state index contributed by atoms with van der Waals surface area (Å²) in [6, 6.07) is 26.7. The number of hydrogen-bond donors (Lipinski definition) is 1. The quantitative estimate of drug-likeness (QED) is 0.602. The van der Waals surface area contributed by atoms with Gasteiger partial charge < -0.3 is 10.3 Å². The number of aromatic nitrogens is 2. The van der Waals surface area contributed by atoms with E-state index >= 15 is 0 Å². The van der Waals surface area contributed by atoms with Crippen LogP contribution in [-0.2, 0) is 6.54 Å². The molecule has 0 aliphatic carbocycles. The lowest BCUT2D eigenvalue weighted by Gasteiger charge is -2.17. The van der Waals surface area contributed by atoms with Gasteiger partial charge in [0.15, 0.2) is 0 Å². The second-order valence-corrected chi connectivity index (χ2v) is 6.36. The Balaban J connectivity index is 1.85. The van der Waals surface area contributed by atoms with Gasteiger partial charge in [-0.15, -0.1) is 0 Å². The normalized spacial score (nSPS) is 12.4. The molecule has 4 aromatic rings. The highest BCUT2D eigenvalue weighted by Crippen LogP contribution is 2.26. The maximum atomic E-state index is 6.65. The molecule has 0 aliphatic rings. The third kappa shape index (κ3) is 2.94. The Labute approximate surface area is 147 Å². The number of hydrogen-bond acceptors (Lipinski definition) is 2. The average molecular weight is 327 g/mol. The number of aryl methyl sites for hydroxylation is 1. The Kier molecular flexibility index (Phi) is 4.08. The first-order valence-electron chi connectivity index (χ1n) is 8.54. The fourth-order valence-corrected chi connectivity index (χ4v) is 3.34. The minimum Gasteiger partial charge on any atom is -0.322 e. The molecule has 1 heterocycles. The summed E-state index contributed by atoms with van der Waals surface area (Å²) in [5, 5.41) is 0. The van der Waals surface area contributed by atoms with Crippen LogP contribution in [0.3, 0.4) is 0 Å². The van der Waals surface area contributed by atoms with Crippen LogP contribution < -0.4 is 5.73 Å². The van der Waals surface area contributed by atoms with E-state index < -0.39 is 0 Å². The van der Waals surface area contributed by atoms with Gasteiger partial charge in [0.25, 0.3) is 0 Å². The molecule has 0 fully saturated rings. The van der Waals surface area contributed by atoms with Gasteiger partial charge in [-0.3, -0.25) is 0 Å². The Hall–Kier alpha value is -2.91. The fourth-order valence-electron chi connectivity index (χ4n) is 3.34. The summed E-state index contributed by atoms with van der Waals surface area (Å²) in [7, 11) is 0. The Morgan fingerprint density at radius 2 is 1.56 bits per heavy atom. The molecular formula is C22H21N3. The standard InChI is InChI=1S/C22H21N3/c1-16-9-5-6-12-18(16)21(23)22-24-19-13-7-8-14-20(19)25(22)15-17-10-3-2-4-11-17/h2-14,21H,15,23H2,1H3. The van der Waals surface area contributed by atoms with Crippen molar-refractivity contribution in [3.05, 3.63) is 101 Å².